The van der Waals surface area contributed by atoms with Gasteiger partial charge in [-0.2, -0.15) is 13.2 Å². The summed E-state index contributed by atoms with van der Waals surface area (Å²) in [6, 6.07) is 2.75. The lowest BCUT2D eigenvalue weighted by molar-refractivity contribution is -0.137. The highest BCUT2D eigenvalue weighted by molar-refractivity contribution is 8.00. The molecule has 1 heterocycles. The van der Waals surface area contributed by atoms with Gasteiger partial charge in [-0.3, -0.25) is 10.1 Å². The van der Waals surface area contributed by atoms with Gasteiger partial charge in [-0.25, -0.2) is 9.78 Å². The Morgan fingerprint density at radius 2 is 2.04 bits per heavy atom. The number of amides is 3. The highest BCUT2D eigenvalue weighted by atomic mass is 32.2. The number of fused-ring (bicyclic) bond motifs is 1. The summed E-state index contributed by atoms with van der Waals surface area (Å²) in [7, 11) is 1.39. The highest BCUT2D eigenvalue weighted by Gasteiger charge is 2.31. The van der Waals surface area contributed by atoms with Crippen molar-refractivity contribution < 1.29 is 22.8 Å². The van der Waals surface area contributed by atoms with Crippen LogP contribution in [0, 0.1) is 0 Å². The van der Waals surface area contributed by atoms with Crippen molar-refractivity contribution in [3.63, 3.8) is 0 Å². The highest BCUT2D eigenvalue weighted by Crippen LogP contribution is 2.33. The third-order valence-electron chi connectivity index (χ3n) is 3.60. The standard InChI is InChI=1S/C16H19F3N4O2S/c1-4-7-23-12-8-10(16(17,18)19)5-6-11(12)21-15(23)26-9(2)13(24)22-14(25)20-3/h5-6,8-9H,4,7H2,1-3H3,(H2,20,22,24,25)/t9-/m0/s1. The number of imidazole rings is 1. The van der Waals surface area contributed by atoms with Crippen LogP contribution in [0.2, 0.25) is 0 Å². The van der Waals surface area contributed by atoms with Gasteiger partial charge >= 0.3 is 12.2 Å². The normalized spacial score (nSPS) is 12.8. The Morgan fingerprint density at radius 3 is 2.62 bits per heavy atom. The summed E-state index contributed by atoms with van der Waals surface area (Å²) >= 11 is 1.09. The number of thioether (sulfide) groups is 1. The van der Waals surface area contributed by atoms with Gasteiger partial charge in [-0.1, -0.05) is 18.7 Å². The maximum atomic E-state index is 13.0. The molecule has 26 heavy (non-hydrogen) atoms. The molecule has 2 aromatic rings. The molecule has 0 fully saturated rings. The average Bonchev–Trinajstić information content (AvgIpc) is 2.91. The van der Waals surface area contributed by atoms with Gasteiger partial charge in [0.15, 0.2) is 5.16 Å². The monoisotopic (exact) mass is 388 g/mol. The van der Waals surface area contributed by atoms with Crippen molar-refractivity contribution in [3.05, 3.63) is 23.8 Å². The van der Waals surface area contributed by atoms with Crippen molar-refractivity contribution in [2.45, 2.75) is 43.4 Å². The van der Waals surface area contributed by atoms with Gasteiger partial charge < -0.3 is 9.88 Å². The van der Waals surface area contributed by atoms with E-state index in [1.807, 2.05) is 6.92 Å². The molecule has 0 saturated carbocycles. The molecule has 10 heteroatoms. The molecule has 1 atom stereocenters. The van der Waals surface area contributed by atoms with Gasteiger partial charge in [0.05, 0.1) is 21.8 Å². The number of hydrogen-bond donors (Lipinski definition) is 2. The second kappa shape index (κ2) is 7.98. The minimum Gasteiger partial charge on any atom is -0.341 e. The fourth-order valence-electron chi connectivity index (χ4n) is 2.29. The minimum atomic E-state index is -4.44. The summed E-state index contributed by atoms with van der Waals surface area (Å²) in [5.41, 5.74) is 0.0418. The predicted octanol–water partition coefficient (Wildman–Crippen LogP) is 3.40. The predicted molar refractivity (Wildman–Crippen MR) is 92.9 cm³/mol. The first-order valence-corrected chi connectivity index (χ1v) is 8.82. The van der Waals surface area contributed by atoms with Crippen LogP contribution in [0.3, 0.4) is 0 Å². The van der Waals surface area contributed by atoms with Crippen LogP contribution in [0.4, 0.5) is 18.0 Å². The Balaban J connectivity index is 2.36. The summed E-state index contributed by atoms with van der Waals surface area (Å²) in [4.78, 5) is 27.6. The first-order chi connectivity index (χ1) is 12.2. The van der Waals surface area contributed by atoms with E-state index in [-0.39, 0.29) is 0 Å². The van der Waals surface area contributed by atoms with Crippen molar-refractivity contribution in [2.24, 2.45) is 0 Å². The number of aromatic nitrogens is 2. The molecule has 0 unspecified atom stereocenters. The summed E-state index contributed by atoms with van der Waals surface area (Å²) in [6.07, 6.45) is -3.75. The maximum Gasteiger partial charge on any atom is 0.416 e. The molecule has 0 spiro atoms. The molecule has 0 aliphatic heterocycles. The minimum absolute atomic E-state index is 0.364. The molecule has 142 valence electrons. The summed E-state index contributed by atoms with van der Waals surface area (Å²) in [5, 5.41) is 4.23. The summed E-state index contributed by atoms with van der Waals surface area (Å²) in [6.45, 7) is 3.96. The van der Waals surface area contributed by atoms with Crippen LogP contribution < -0.4 is 10.6 Å². The lowest BCUT2D eigenvalue weighted by Crippen LogP contribution is -2.41. The van der Waals surface area contributed by atoms with Crippen molar-refractivity contribution in [1.82, 2.24) is 20.2 Å². The molecule has 0 bridgehead atoms. The number of urea groups is 1. The molecule has 2 N–H and O–H groups in total. The number of benzene rings is 1. The molecular weight excluding hydrogens is 369 g/mol. The van der Waals surface area contributed by atoms with Gasteiger partial charge in [0, 0.05) is 13.6 Å². The molecule has 0 saturated heterocycles. The fraction of sp³-hybridized carbons (Fsp3) is 0.438. The van der Waals surface area contributed by atoms with E-state index in [0.29, 0.717) is 29.2 Å². The van der Waals surface area contributed by atoms with Gasteiger partial charge in [0.25, 0.3) is 0 Å². The number of halogens is 3. The number of rotatable bonds is 5. The maximum absolute atomic E-state index is 13.0. The van der Waals surface area contributed by atoms with Crippen LogP contribution in [0.15, 0.2) is 23.4 Å². The van der Waals surface area contributed by atoms with Gasteiger partial charge in [-0.15, -0.1) is 0 Å². The third kappa shape index (κ3) is 4.48. The summed E-state index contributed by atoms with van der Waals surface area (Å²) < 4.78 is 40.6. The molecule has 0 aliphatic rings. The van der Waals surface area contributed by atoms with Gasteiger partial charge in [-0.05, 0) is 31.5 Å². The Morgan fingerprint density at radius 1 is 1.35 bits per heavy atom. The zero-order chi connectivity index (χ0) is 19.5. The van der Waals surface area contributed by atoms with Crippen LogP contribution in [0.1, 0.15) is 25.8 Å². The first kappa shape index (κ1) is 20.1. The lowest BCUT2D eigenvalue weighted by Gasteiger charge is -2.13. The number of alkyl halides is 3. The quantitative estimate of drug-likeness (QED) is 0.770. The van der Waals surface area contributed by atoms with Crippen LogP contribution in [-0.2, 0) is 17.5 Å². The molecular formula is C16H19F3N4O2S. The zero-order valence-electron chi connectivity index (χ0n) is 14.5. The smallest absolute Gasteiger partial charge is 0.341 e. The van der Waals surface area contributed by atoms with E-state index in [1.54, 1.807) is 11.5 Å². The number of hydrogen-bond acceptors (Lipinski definition) is 4. The molecule has 1 aromatic carbocycles. The number of imide groups is 1. The van der Waals surface area contributed by atoms with E-state index in [0.717, 1.165) is 23.9 Å². The average molecular weight is 388 g/mol. The van der Waals surface area contributed by atoms with Crippen molar-refractivity contribution >= 4 is 34.7 Å². The topological polar surface area (TPSA) is 76.0 Å². The molecule has 0 radical (unpaired) electrons. The van der Waals surface area contributed by atoms with E-state index >= 15 is 0 Å². The van der Waals surface area contributed by atoms with E-state index in [1.165, 1.54) is 13.1 Å². The zero-order valence-corrected chi connectivity index (χ0v) is 15.3. The van der Waals surface area contributed by atoms with Gasteiger partial charge in [0.2, 0.25) is 5.91 Å². The van der Waals surface area contributed by atoms with Crippen molar-refractivity contribution in [2.75, 3.05) is 7.05 Å². The lowest BCUT2D eigenvalue weighted by atomic mass is 10.2. The van der Waals surface area contributed by atoms with Crippen LogP contribution in [0.25, 0.3) is 11.0 Å². The largest absolute Gasteiger partial charge is 0.416 e. The molecule has 3 amide bonds. The third-order valence-corrected chi connectivity index (χ3v) is 4.69. The van der Waals surface area contributed by atoms with Gasteiger partial charge in [0.1, 0.15) is 0 Å². The Kier molecular flexibility index (Phi) is 6.17. The SMILES string of the molecule is CCCn1c(S[C@@H](C)C(=O)NC(=O)NC)nc2ccc(C(F)(F)F)cc21. The van der Waals surface area contributed by atoms with Crippen molar-refractivity contribution in [1.29, 1.82) is 0 Å². The van der Waals surface area contributed by atoms with Crippen molar-refractivity contribution in [3.8, 4) is 0 Å². The number of nitrogens with one attached hydrogen (secondary N) is 2. The summed E-state index contributed by atoms with van der Waals surface area (Å²) in [5.74, 6) is -0.513. The number of nitrogens with zero attached hydrogens (tertiary/aromatic N) is 2. The molecule has 6 nitrogen and oxygen atoms in total. The van der Waals surface area contributed by atoms with Crippen LogP contribution >= 0.6 is 11.8 Å². The Hall–Kier alpha value is -2.23. The number of carbonyl (C=O) groups is 2. The van der Waals surface area contributed by atoms with E-state index < -0.39 is 28.9 Å². The number of carbonyl (C=O) groups excluding carboxylic acids is 2. The fourth-order valence-corrected chi connectivity index (χ4v) is 3.24. The molecule has 1 aromatic heterocycles. The Labute approximate surface area is 152 Å². The second-order valence-corrected chi connectivity index (χ2v) is 6.88. The van der Waals surface area contributed by atoms with E-state index in [4.69, 9.17) is 0 Å². The van der Waals surface area contributed by atoms with Crippen LogP contribution in [-0.4, -0.2) is 33.8 Å². The molecule has 0 aliphatic carbocycles. The number of aryl methyl sites for hydroxylation is 1. The van der Waals surface area contributed by atoms with Crippen LogP contribution in [0.5, 0.6) is 0 Å². The second-order valence-electron chi connectivity index (χ2n) is 5.58. The first-order valence-electron chi connectivity index (χ1n) is 7.94. The molecule has 2 rings (SSSR count). The van der Waals surface area contributed by atoms with E-state index in [2.05, 4.69) is 15.6 Å². The van der Waals surface area contributed by atoms with E-state index in [9.17, 15) is 22.8 Å². The Bertz CT molecular complexity index is 820.